The van der Waals surface area contributed by atoms with Gasteiger partial charge in [-0.1, -0.05) is 33.1 Å². The molecule has 0 N–H and O–H groups in total. The summed E-state index contributed by atoms with van der Waals surface area (Å²) in [6.45, 7) is 36.0. The molecule has 0 saturated carbocycles. The number of hydrogen-bond acceptors (Lipinski definition) is 24. The molecular formula is C42H102O12S16Si4. The minimum absolute atomic E-state index is 0.416. The molecule has 0 saturated heterocycles. The standard InChI is InChI=1S/C42H102O12S16Si4/c1-16-40(14)30-29-31-41(15,67(59,63-55)32-36-71(43-17-2,44-18-3)45-19-4)42(68(60,64-56)33-37-72(46-20-5,47-21-6)48-22-7,69(61,65-57)34-38-73(49-23-8,50-24-9)51-25-10)70(62,66-58)35-39-74(52-26-11,53-27-12)54-28-13/h40,55-62H,16-39H2,1-15H3. The molecule has 0 amide bonds. The maximum atomic E-state index is 6.68. The summed E-state index contributed by atoms with van der Waals surface area (Å²) >= 11 is 47.1. The van der Waals surface area contributed by atoms with Crippen LogP contribution in [0.2, 0.25) is 24.2 Å². The molecule has 0 aromatic heterocycles. The third-order valence-electron chi connectivity index (χ3n) is 12.3. The van der Waals surface area contributed by atoms with Gasteiger partial charge in [-0.2, -0.15) is 0 Å². The maximum Gasteiger partial charge on any atom is 0.501 e. The van der Waals surface area contributed by atoms with Crippen LogP contribution in [0.5, 0.6) is 0 Å². The Kier molecular flexibility index (Phi) is 43.7. The topological polar surface area (TPSA) is 111 Å². The van der Waals surface area contributed by atoms with Crippen LogP contribution in [0.1, 0.15) is 130 Å². The van der Waals surface area contributed by atoms with Gasteiger partial charge in [0.1, 0.15) is 3.41 Å². The second kappa shape index (κ2) is 40.4. The Labute approximate surface area is 517 Å². The predicted molar refractivity (Wildman–Crippen MR) is 378 cm³/mol. The molecule has 0 fully saturated rings. The molecule has 0 aromatic rings. The Hall–Kier alpha value is 5.99. The van der Waals surface area contributed by atoms with Crippen molar-refractivity contribution in [1.82, 2.24) is 0 Å². The van der Waals surface area contributed by atoms with Crippen LogP contribution in [0.3, 0.4) is 0 Å². The highest BCUT2D eigenvalue weighted by Gasteiger charge is 2.76. The first-order valence-corrected chi connectivity index (χ1v) is 54.8. The zero-order valence-electron chi connectivity index (χ0n) is 47.3. The van der Waals surface area contributed by atoms with Gasteiger partial charge in [0.05, 0.1) is 0 Å². The van der Waals surface area contributed by atoms with Gasteiger partial charge in [-0.05, 0) is 142 Å². The van der Waals surface area contributed by atoms with Crippen molar-refractivity contribution in [1.29, 1.82) is 0 Å². The lowest BCUT2D eigenvalue weighted by Gasteiger charge is -2.76. The second-order valence-corrected chi connectivity index (χ2v) is 63.0. The van der Waals surface area contributed by atoms with Crippen LogP contribution in [0, 0.1) is 5.92 Å². The summed E-state index contributed by atoms with van der Waals surface area (Å²) < 4.78 is 78.1. The van der Waals surface area contributed by atoms with E-state index >= 15 is 0 Å². The van der Waals surface area contributed by atoms with Crippen molar-refractivity contribution in [2.75, 3.05) is 102 Å². The largest absolute Gasteiger partial charge is 0.501 e. The quantitative estimate of drug-likeness (QED) is 0.0168. The molecule has 0 rings (SSSR count). The molecule has 0 spiro atoms. The van der Waals surface area contributed by atoms with E-state index in [0.717, 1.165) is 19.3 Å². The Morgan fingerprint density at radius 1 is 0.378 bits per heavy atom. The van der Waals surface area contributed by atoms with Gasteiger partial charge in [-0.25, -0.2) is 0 Å². The van der Waals surface area contributed by atoms with Crippen LogP contribution in [0.25, 0.3) is 0 Å². The Balaban J connectivity index is 10.2. The molecule has 0 bridgehead atoms. The fourth-order valence-corrected chi connectivity index (χ4v) is 85.5. The highest BCUT2D eigenvalue weighted by molar-refractivity contribution is 9.49. The van der Waals surface area contributed by atoms with E-state index in [2.05, 4.69) is 20.8 Å². The summed E-state index contributed by atoms with van der Waals surface area (Å²) in [6, 6.07) is 1.84. The third kappa shape index (κ3) is 21.1. The summed E-state index contributed by atoms with van der Waals surface area (Å²) in [4.78, 5) is 0. The monoisotopic (exact) mass is 1420 g/mol. The zero-order chi connectivity index (χ0) is 56.9. The van der Waals surface area contributed by atoms with Crippen LogP contribution in [-0.2, 0) is 53.1 Å². The van der Waals surface area contributed by atoms with Gasteiger partial charge in [0, 0.05) is 131 Å². The van der Waals surface area contributed by atoms with Gasteiger partial charge < -0.3 is 53.1 Å². The van der Waals surface area contributed by atoms with Crippen molar-refractivity contribution < 1.29 is 53.1 Å². The van der Waals surface area contributed by atoms with Crippen LogP contribution in [0.15, 0.2) is 0 Å². The molecule has 0 radical (unpaired) electrons. The molecular weight excluding hydrogens is 1320 g/mol. The average Bonchev–Trinajstić information content (AvgIpc) is 3.37. The first-order valence-electron chi connectivity index (χ1n) is 26.1. The van der Waals surface area contributed by atoms with Crippen molar-refractivity contribution in [2.45, 2.75) is 162 Å². The van der Waals surface area contributed by atoms with Gasteiger partial charge in [0.15, 0.2) is 0 Å². The lowest BCUT2D eigenvalue weighted by Crippen LogP contribution is -2.60. The number of rotatable bonds is 50. The molecule has 0 aliphatic rings. The Morgan fingerprint density at radius 2 is 0.581 bits per heavy atom. The Bertz CT molecular complexity index is 1310. The number of hydrogen-bond donors (Lipinski definition) is 8. The Morgan fingerprint density at radius 3 is 0.757 bits per heavy atom. The minimum atomic E-state index is -3.37. The van der Waals surface area contributed by atoms with E-state index in [1.54, 1.807) is 0 Å². The molecule has 0 aromatic carbocycles. The first-order chi connectivity index (χ1) is 35.0. The highest BCUT2D eigenvalue weighted by Crippen LogP contribution is 3.07. The fraction of sp³-hybridized carbons (Fsp3) is 1.00. The van der Waals surface area contributed by atoms with Gasteiger partial charge in [0.2, 0.25) is 0 Å². The molecule has 0 heterocycles. The van der Waals surface area contributed by atoms with Crippen LogP contribution in [0.4, 0.5) is 0 Å². The lowest BCUT2D eigenvalue weighted by atomic mass is 9.97. The van der Waals surface area contributed by atoms with E-state index in [-0.39, 0.29) is 0 Å². The van der Waals surface area contributed by atoms with Crippen molar-refractivity contribution in [3.8, 4) is 0 Å². The second-order valence-electron chi connectivity index (χ2n) is 16.8. The molecule has 12 nitrogen and oxygen atoms in total. The zero-order valence-corrected chi connectivity index (χ0v) is 65.0. The van der Waals surface area contributed by atoms with Gasteiger partial charge in [0.25, 0.3) is 0 Å². The summed E-state index contributed by atoms with van der Waals surface area (Å²) in [6.07, 6.45) is 3.59. The average molecular weight is 1420 g/mol. The third-order valence-corrected chi connectivity index (χ3v) is 75.6. The lowest BCUT2D eigenvalue weighted by molar-refractivity contribution is 0.0720. The van der Waals surface area contributed by atoms with E-state index in [0.29, 0.717) is 139 Å². The SMILES string of the molecule is CCO[Si](CCS(S)(SS)C(C)(CCCC(C)CC)C(S(S)(CC[Si](OCC)(OCC)OCC)SS)(S(S)(CC[Si](OCC)(OCC)OCC)SS)S(S)(CC[Si](OCC)(OCC)OCC)SS)(OCC)OCC. The van der Waals surface area contributed by atoms with Crippen LogP contribution >= 0.6 is 165 Å². The smallest absolute Gasteiger partial charge is 0.374 e. The van der Waals surface area contributed by atoms with Gasteiger partial charge >= 0.3 is 35.2 Å². The molecule has 6 unspecified atom stereocenters. The van der Waals surface area contributed by atoms with Crippen LogP contribution < -0.4 is 0 Å². The van der Waals surface area contributed by atoms with Gasteiger partial charge in [-0.3, -0.25) is 0 Å². The maximum absolute atomic E-state index is 6.68. The summed E-state index contributed by atoms with van der Waals surface area (Å²) in [5.74, 6) is 2.47. The predicted octanol–water partition coefficient (Wildman–Crippen LogP) is 17.4. The van der Waals surface area contributed by atoms with E-state index in [9.17, 15) is 0 Å². The van der Waals surface area contributed by atoms with Crippen molar-refractivity contribution in [3.05, 3.63) is 0 Å². The molecule has 74 heavy (non-hydrogen) atoms. The van der Waals surface area contributed by atoms with Crippen molar-refractivity contribution in [2.24, 2.45) is 5.92 Å². The summed E-state index contributed by atoms with van der Waals surface area (Å²) in [5.41, 5.74) is 0. The molecule has 454 valence electrons. The molecule has 0 aliphatic carbocycles. The van der Waals surface area contributed by atoms with Crippen LogP contribution in [-0.4, -0.2) is 146 Å². The van der Waals surface area contributed by atoms with Gasteiger partial charge in [-0.15, -0.1) is 126 Å². The van der Waals surface area contributed by atoms with E-state index in [1.165, 1.54) is 39.3 Å². The number of thiol groups is 8. The molecule has 32 heteroatoms. The summed E-state index contributed by atoms with van der Waals surface area (Å²) in [5, 5.41) is 0. The molecule has 6 atom stereocenters. The first kappa shape index (κ1) is 80.0. The highest BCUT2D eigenvalue weighted by atomic mass is 33.8. The summed E-state index contributed by atoms with van der Waals surface area (Å²) in [7, 11) is -17.7. The van der Waals surface area contributed by atoms with E-state index in [4.69, 9.17) is 146 Å². The normalized spacial score (nSPS) is 20.3. The minimum Gasteiger partial charge on any atom is -0.374 e. The van der Waals surface area contributed by atoms with E-state index in [1.807, 2.05) is 83.1 Å². The molecule has 0 aliphatic heterocycles. The van der Waals surface area contributed by atoms with E-state index < -0.39 is 75.7 Å². The van der Waals surface area contributed by atoms with Crippen molar-refractivity contribution in [3.63, 3.8) is 0 Å². The fourth-order valence-electron chi connectivity index (χ4n) is 9.19. The van der Waals surface area contributed by atoms with Crippen molar-refractivity contribution >= 4 is 200 Å².